The van der Waals surface area contributed by atoms with Crippen LogP contribution in [0.25, 0.3) is 0 Å². The van der Waals surface area contributed by atoms with Crippen LogP contribution in [-0.2, 0) is 24.9 Å². The number of hydrogen-bond donors (Lipinski definition) is 1. The summed E-state index contributed by atoms with van der Waals surface area (Å²) in [6.45, 7) is 4.01. The molecule has 6 rings (SSSR count). The molecule has 0 spiro atoms. The van der Waals surface area contributed by atoms with E-state index in [9.17, 15) is 13.6 Å². The summed E-state index contributed by atoms with van der Waals surface area (Å²) in [7, 11) is 1.91. The Labute approximate surface area is 214 Å². The molecule has 1 saturated heterocycles. The van der Waals surface area contributed by atoms with Gasteiger partial charge in [-0.1, -0.05) is 12.1 Å². The maximum atomic E-state index is 14.1. The number of fused-ring (bicyclic) bond motifs is 1. The molecule has 3 heterocycles. The van der Waals surface area contributed by atoms with E-state index in [0.717, 1.165) is 29.8 Å². The Balaban J connectivity index is 1.31. The number of nitrogens with zero attached hydrogens (tertiary/aromatic N) is 4. The number of nitrogens with one attached hydrogen (secondary N) is 1. The van der Waals surface area contributed by atoms with Gasteiger partial charge in [0, 0.05) is 41.9 Å². The quantitative estimate of drug-likeness (QED) is 0.478. The predicted octanol–water partition coefficient (Wildman–Crippen LogP) is 4.72. The number of ether oxygens (including phenoxy) is 1. The van der Waals surface area contributed by atoms with Crippen LogP contribution in [0.2, 0.25) is 0 Å². The number of carbonyl (C=O) groups excluding carboxylic acids is 1. The van der Waals surface area contributed by atoms with Crippen molar-refractivity contribution in [2.75, 3.05) is 18.1 Å². The Morgan fingerprint density at radius 3 is 2.65 bits per heavy atom. The molecule has 1 amide bonds. The van der Waals surface area contributed by atoms with Gasteiger partial charge in [0.2, 0.25) is 0 Å². The highest BCUT2D eigenvalue weighted by atomic mass is 19.3. The second-order valence-corrected chi connectivity index (χ2v) is 10.8. The molecule has 9 heteroatoms. The summed E-state index contributed by atoms with van der Waals surface area (Å²) in [5, 5.41) is 11.9. The normalized spacial score (nSPS) is 19.6. The van der Waals surface area contributed by atoms with Crippen LogP contribution in [0.5, 0.6) is 0 Å². The Hall–Kier alpha value is -3.17. The fraction of sp³-hybridized carbons (Fsp3) is 0.464. The van der Waals surface area contributed by atoms with Crippen molar-refractivity contribution < 1.29 is 18.3 Å². The molecule has 3 aromatic rings. The van der Waals surface area contributed by atoms with Gasteiger partial charge in [0.1, 0.15) is 12.2 Å². The van der Waals surface area contributed by atoms with Crippen molar-refractivity contribution in [3.63, 3.8) is 0 Å². The largest absolute Gasteiger partial charge is 0.381 e. The monoisotopic (exact) mass is 507 g/mol. The van der Waals surface area contributed by atoms with E-state index in [4.69, 9.17) is 4.74 Å². The molecule has 1 atom stereocenters. The molecular weight excluding hydrogens is 476 g/mol. The van der Waals surface area contributed by atoms with Gasteiger partial charge in [-0.2, -0.15) is 0 Å². The number of benzene rings is 2. The number of amides is 1. The average molecular weight is 508 g/mol. The van der Waals surface area contributed by atoms with Gasteiger partial charge in [-0.3, -0.25) is 4.79 Å². The summed E-state index contributed by atoms with van der Waals surface area (Å²) >= 11 is 0. The Kier molecular flexibility index (Phi) is 6.07. The SMILES string of the molecule is Cn1cnnc1[C@@H](c1cccc(N2Cc3c(cc(CNC4(C)CCC4)cc3C(F)F)C2=O)c1)C1COC1. The second-order valence-electron chi connectivity index (χ2n) is 10.8. The van der Waals surface area contributed by atoms with Crippen LogP contribution < -0.4 is 10.2 Å². The topological polar surface area (TPSA) is 72.3 Å². The first-order valence-electron chi connectivity index (χ1n) is 12.9. The van der Waals surface area contributed by atoms with Crippen LogP contribution in [0.15, 0.2) is 42.7 Å². The summed E-state index contributed by atoms with van der Waals surface area (Å²) in [5.74, 6) is 0.804. The van der Waals surface area contributed by atoms with Gasteiger partial charge in [0.25, 0.3) is 12.3 Å². The summed E-state index contributed by atoms with van der Waals surface area (Å²) < 4.78 is 35.6. The number of halogens is 2. The van der Waals surface area contributed by atoms with E-state index in [1.807, 2.05) is 35.9 Å². The number of rotatable bonds is 8. The highest BCUT2D eigenvalue weighted by Gasteiger charge is 2.37. The molecule has 2 aromatic carbocycles. The third-order valence-corrected chi connectivity index (χ3v) is 8.25. The number of aryl methyl sites for hydroxylation is 1. The zero-order valence-electron chi connectivity index (χ0n) is 21.1. The van der Waals surface area contributed by atoms with E-state index >= 15 is 0 Å². The molecule has 37 heavy (non-hydrogen) atoms. The van der Waals surface area contributed by atoms with Crippen molar-refractivity contribution in [3.05, 3.63) is 76.4 Å². The zero-order valence-corrected chi connectivity index (χ0v) is 21.1. The van der Waals surface area contributed by atoms with Gasteiger partial charge in [-0.25, -0.2) is 8.78 Å². The number of carbonyl (C=O) groups is 1. The van der Waals surface area contributed by atoms with E-state index in [1.54, 1.807) is 23.4 Å². The van der Waals surface area contributed by atoms with E-state index in [0.29, 0.717) is 36.6 Å². The lowest BCUT2D eigenvalue weighted by molar-refractivity contribution is -0.0407. The first-order valence-corrected chi connectivity index (χ1v) is 12.9. The van der Waals surface area contributed by atoms with Crippen molar-refractivity contribution in [3.8, 4) is 0 Å². The van der Waals surface area contributed by atoms with Crippen LogP contribution >= 0.6 is 0 Å². The van der Waals surface area contributed by atoms with E-state index in [-0.39, 0.29) is 35.4 Å². The summed E-state index contributed by atoms with van der Waals surface area (Å²) in [5.41, 5.74) is 3.19. The molecule has 1 aromatic heterocycles. The molecule has 194 valence electrons. The number of anilines is 1. The molecular formula is C28H31F2N5O2. The smallest absolute Gasteiger partial charge is 0.264 e. The number of alkyl halides is 2. The first-order chi connectivity index (χ1) is 17.8. The average Bonchev–Trinajstić information content (AvgIpc) is 3.41. The van der Waals surface area contributed by atoms with Gasteiger partial charge >= 0.3 is 0 Å². The van der Waals surface area contributed by atoms with Crippen LogP contribution in [0.4, 0.5) is 14.5 Å². The highest BCUT2D eigenvalue weighted by molar-refractivity contribution is 6.10. The van der Waals surface area contributed by atoms with Crippen LogP contribution in [0.3, 0.4) is 0 Å². The molecule has 3 aliphatic rings. The van der Waals surface area contributed by atoms with Crippen molar-refractivity contribution in [2.24, 2.45) is 13.0 Å². The molecule has 0 radical (unpaired) electrons. The maximum absolute atomic E-state index is 14.1. The van der Waals surface area contributed by atoms with E-state index < -0.39 is 6.43 Å². The molecule has 2 aliphatic heterocycles. The van der Waals surface area contributed by atoms with Crippen molar-refractivity contribution in [1.82, 2.24) is 20.1 Å². The van der Waals surface area contributed by atoms with Gasteiger partial charge in [0.15, 0.2) is 0 Å². The van der Waals surface area contributed by atoms with Gasteiger partial charge < -0.3 is 19.5 Å². The third-order valence-electron chi connectivity index (χ3n) is 8.25. The van der Waals surface area contributed by atoms with Crippen LogP contribution in [-0.4, -0.2) is 39.4 Å². The fourth-order valence-corrected chi connectivity index (χ4v) is 5.74. The summed E-state index contributed by atoms with van der Waals surface area (Å²) in [6, 6.07) is 11.1. The fourth-order valence-electron chi connectivity index (χ4n) is 5.74. The standard InChI is InChI=1S/C28H31F2N5O2/c1-28(7-4-8-28)31-12-17-9-21(25(29)30)23-13-35(27(36)22(23)10-17)20-6-3-5-18(11-20)24(19-14-37-15-19)26-33-32-16-34(26)2/h3,5-6,9-11,16,19,24-25,31H,4,7-8,12-15H2,1-2H3/t24-/m0/s1. The Bertz CT molecular complexity index is 1330. The first kappa shape index (κ1) is 24.2. The van der Waals surface area contributed by atoms with E-state index in [1.165, 1.54) is 6.42 Å². The van der Waals surface area contributed by atoms with Crippen molar-refractivity contribution in [1.29, 1.82) is 0 Å². The molecule has 2 fully saturated rings. The minimum atomic E-state index is -2.65. The van der Waals surface area contributed by atoms with Crippen LogP contribution in [0.1, 0.15) is 77.0 Å². The molecule has 7 nitrogen and oxygen atoms in total. The second kappa shape index (κ2) is 9.29. The number of aromatic nitrogens is 3. The minimum Gasteiger partial charge on any atom is -0.381 e. The number of hydrogen-bond acceptors (Lipinski definition) is 5. The molecule has 0 unspecified atom stereocenters. The predicted molar refractivity (Wildman–Crippen MR) is 135 cm³/mol. The Morgan fingerprint density at radius 1 is 1.22 bits per heavy atom. The molecule has 1 saturated carbocycles. The lowest BCUT2D eigenvalue weighted by Gasteiger charge is -2.39. The molecule has 1 aliphatic carbocycles. The summed E-state index contributed by atoms with van der Waals surface area (Å²) in [4.78, 5) is 15.2. The lowest BCUT2D eigenvalue weighted by Crippen LogP contribution is -2.47. The molecule has 1 N–H and O–H groups in total. The van der Waals surface area contributed by atoms with Gasteiger partial charge in [-0.15, -0.1) is 10.2 Å². The zero-order chi connectivity index (χ0) is 25.7. The third kappa shape index (κ3) is 4.34. The van der Waals surface area contributed by atoms with Gasteiger partial charge in [-0.05, 0) is 67.1 Å². The van der Waals surface area contributed by atoms with E-state index in [2.05, 4.69) is 22.4 Å². The van der Waals surface area contributed by atoms with Gasteiger partial charge in [0.05, 0.1) is 25.7 Å². The minimum absolute atomic E-state index is 0.0385. The lowest BCUT2D eigenvalue weighted by atomic mass is 9.78. The summed E-state index contributed by atoms with van der Waals surface area (Å²) in [6.07, 6.45) is 2.35. The maximum Gasteiger partial charge on any atom is 0.264 e. The van der Waals surface area contributed by atoms with Crippen molar-refractivity contribution >= 4 is 11.6 Å². The molecule has 0 bridgehead atoms. The Morgan fingerprint density at radius 2 is 2.03 bits per heavy atom. The van der Waals surface area contributed by atoms with Crippen molar-refractivity contribution in [2.45, 2.75) is 57.2 Å². The van der Waals surface area contributed by atoms with Crippen LogP contribution in [0, 0.1) is 5.92 Å². The highest BCUT2D eigenvalue weighted by Crippen LogP contribution is 2.40.